The number of esters is 1. The molecule has 0 atom stereocenters. The molecule has 0 radical (unpaired) electrons. The molecule has 1 heterocycles. The van der Waals surface area contributed by atoms with Crippen LogP contribution in [0.25, 0.3) is 0 Å². The lowest BCUT2D eigenvalue weighted by Crippen LogP contribution is -2.21. The van der Waals surface area contributed by atoms with Crippen molar-refractivity contribution in [3.63, 3.8) is 0 Å². The summed E-state index contributed by atoms with van der Waals surface area (Å²) in [6.07, 6.45) is 10.4. The number of carbonyl (C=O) groups excluding carboxylic acids is 1. The summed E-state index contributed by atoms with van der Waals surface area (Å²) in [4.78, 5) is 11.6. The van der Waals surface area contributed by atoms with Gasteiger partial charge >= 0.3 is 5.97 Å². The van der Waals surface area contributed by atoms with Crippen molar-refractivity contribution in [1.29, 1.82) is 0 Å². The number of rotatable bonds is 10. The van der Waals surface area contributed by atoms with Gasteiger partial charge in [0.25, 0.3) is 0 Å². The van der Waals surface area contributed by atoms with Gasteiger partial charge in [-0.05, 0) is 6.42 Å². The van der Waals surface area contributed by atoms with Gasteiger partial charge in [0.05, 0.1) is 0 Å². The van der Waals surface area contributed by atoms with E-state index in [-0.39, 0.29) is 12.6 Å². The summed E-state index contributed by atoms with van der Waals surface area (Å²) in [5.41, 5.74) is 0. The number of hydrogen-bond donors (Lipinski definition) is 0. The molecule has 0 aliphatic carbocycles. The maximum absolute atomic E-state index is 11.6. The molecule has 0 amide bonds. The van der Waals surface area contributed by atoms with Crippen LogP contribution in [0.1, 0.15) is 72.1 Å². The molecule has 0 bridgehead atoms. The van der Waals surface area contributed by atoms with Crippen LogP contribution in [0.15, 0.2) is 12.0 Å². The summed E-state index contributed by atoms with van der Waals surface area (Å²) in [6.45, 7) is 6.01. The van der Waals surface area contributed by atoms with Gasteiger partial charge in [-0.1, -0.05) is 45.4 Å². The van der Waals surface area contributed by atoms with Gasteiger partial charge in [-0.15, -0.1) is 0 Å². The third-order valence-corrected chi connectivity index (χ3v) is 3.21. The Balaban J connectivity index is 1.96. The van der Waals surface area contributed by atoms with Gasteiger partial charge in [0.2, 0.25) is 5.79 Å². The van der Waals surface area contributed by atoms with E-state index < -0.39 is 5.79 Å². The van der Waals surface area contributed by atoms with E-state index >= 15 is 0 Å². The molecule has 4 heteroatoms. The van der Waals surface area contributed by atoms with Crippen LogP contribution in [0.5, 0.6) is 0 Å². The fourth-order valence-electron chi connectivity index (χ4n) is 2.09. The Hall–Kier alpha value is -1.19. The molecule has 0 saturated heterocycles. The quantitative estimate of drug-likeness (QED) is 0.443. The molecule has 0 unspecified atom stereocenters. The highest BCUT2D eigenvalue weighted by atomic mass is 16.7. The lowest BCUT2D eigenvalue weighted by molar-refractivity contribution is -0.147. The lowest BCUT2D eigenvalue weighted by atomic mass is 10.1. The van der Waals surface area contributed by atoms with E-state index in [0.717, 1.165) is 12.8 Å². The average Bonchev–Trinajstić information content (AvgIpc) is 2.75. The minimum atomic E-state index is -0.639. The van der Waals surface area contributed by atoms with E-state index in [2.05, 4.69) is 6.92 Å². The average molecular weight is 284 g/mol. The van der Waals surface area contributed by atoms with Gasteiger partial charge in [0, 0.05) is 20.3 Å². The molecule has 0 fully saturated rings. The van der Waals surface area contributed by atoms with E-state index in [9.17, 15) is 4.79 Å². The maximum atomic E-state index is 11.6. The topological polar surface area (TPSA) is 44.8 Å². The zero-order valence-electron chi connectivity index (χ0n) is 13.1. The summed E-state index contributed by atoms with van der Waals surface area (Å²) in [5, 5.41) is 0. The van der Waals surface area contributed by atoms with E-state index in [1.807, 2.05) is 13.8 Å². The van der Waals surface area contributed by atoms with Crippen molar-refractivity contribution >= 4 is 5.97 Å². The van der Waals surface area contributed by atoms with Crippen LogP contribution in [0.2, 0.25) is 0 Å². The van der Waals surface area contributed by atoms with Crippen LogP contribution in [0, 0.1) is 0 Å². The molecule has 0 N–H and O–H groups in total. The minimum absolute atomic E-state index is 0.159. The fraction of sp³-hybridized carbons (Fsp3) is 0.812. The van der Waals surface area contributed by atoms with Gasteiger partial charge in [0.1, 0.15) is 6.26 Å². The van der Waals surface area contributed by atoms with Crippen molar-refractivity contribution in [1.82, 2.24) is 0 Å². The standard InChI is InChI=1S/C16H28O4/c1-4-5-6-7-8-9-10-11-15(17)18-12-14-13-19-16(2,3)20-14/h13H,4-12H2,1-3H3. The van der Waals surface area contributed by atoms with Crippen molar-refractivity contribution in [2.75, 3.05) is 6.61 Å². The first-order valence-electron chi connectivity index (χ1n) is 7.75. The molecule has 1 aliphatic heterocycles. The van der Waals surface area contributed by atoms with Gasteiger partial charge in [-0.25, -0.2) is 0 Å². The number of hydrogen-bond acceptors (Lipinski definition) is 4. The Morgan fingerprint density at radius 2 is 1.80 bits per heavy atom. The van der Waals surface area contributed by atoms with Crippen LogP contribution in [-0.2, 0) is 19.0 Å². The zero-order valence-corrected chi connectivity index (χ0v) is 13.1. The molecule has 1 aliphatic rings. The van der Waals surface area contributed by atoms with Crippen molar-refractivity contribution in [3.8, 4) is 0 Å². The molecule has 0 aromatic rings. The summed E-state index contributed by atoms with van der Waals surface area (Å²) < 4.78 is 15.8. The Labute approximate surface area is 122 Å². The van der Waals surface area contributed by atoms with Crippen molar-refractivity contribution in [3.05, 3.63) is 12.0 Å². The lowest BCUT2D eigenvalue weighted by Gasteiger charge is -2.18. The molecule has 0 aromatic carbocycles. The van der Waals surface area contributed by atoms with Gasteiger partial charge in [-0.2, -0.15) is 0 Å². The van der Waals surface area contributed by atoms with Crippen LogP contribution >= 0.6 is 0 Å². The number of carbonyl (C=O) groups is 1. The van der Waals surface area contributed by atoms with Crippen LogP contribution in [0.4, 0.5) is 0 Å². The zero-order chi connectivity index (χ0) is 14.8. The molecule has 4 nitrogen and oxygen atoms in total. The molecule has 0 spiro atoms. The largest absolute Gasteiger partial charge is 0.457 e. The van der Waals surface area contributed by atoms with Crippen LogP contribution in [0.3, 0.4) is 0 Å². The molecule has 0 saturated carbocycles. The van der Waals surface area contributed by atoms with E-state index in [4.69, 9.17) is 14.2 Å². The summed E-state index contributed by atoms with van der Waals surface area (Å²) >= 11 is 0. The fourth-order valence-corrected chi connectivity index (χ4v) is 2.09. The Bertz CT molecular complexity index is 320. The normalized spacial score (nSPS) is 16.2. The first kappa shape index (κ1) is 16.9. The number of unbranched alkanes of at least 4 members (excludes halogenated alkanes) is 6. The second-order valence-electron chi connectivity index (χ2n) is 5.74. The predicted octanol–water partition coefficient (Wildman–Crippen LogP) is 4.29. The van der Waals surface area contributed by atoms with Crippen LogP contribution in [-0.4, -0.2) is 18.4 Å². The monoisotopic (exact) mass is 284 g/mol. The van der Waals surface area contributed by atoms with Crippen LogP contribution < -0.4 is 0 Å². The molecular formula is C16H28O4. The van der Waals surface area contributed by atoms with Crippen molar-refractivity contribution in [2.45, 2.75) is 77.9 Å². The molecule has 116 valence electrons. The second-order valence-corrected chi connectivity index (χ2v) is 5.74. The van der Waals surface area contributed by atoms with Crippen molar-refractivity contribution < 1.29 is 19.0 Å². The van der Waals surface area contributed by atoms with Gasteiger partial charge < -0.3 is 14.2 Å². The minimum Gasteiger partial charge on any atom is -0.457 e. The van der Waals surface area contributed by atoms with E-state index in [1.165, 1.54) is 38.4 Å². The van der Waals surface area contributed by atoms with E-state index in [1.54, 1.807) is 0 Å². The van der Waals surface area contributed by atoms with Gasteiger partial charge in [-0.3, -0.25) is 4.79 Å². The molecule has 1 rings (SSSR count). The first-order valence-corrected chi connectivity index (χ1v) is 7.75. The summed E-state index contributed by atoms with van der Waals surface area (Å²) in [7, 11) is 0. The third kappa shape index (κ3) is 7.41. The predicted molar refractivity (Wildman–Crippen MR) is 77.9 cm³/mol. The summed E-state index contributed by atoms with van der Waals surface area (Å²) in [6, 6.07) is 0. The van der Waals surface area contributed by atoms with E-state index in [0.29, 0.717) is 12.2 Å². The van der Waals surface area contributed by atoms with Gasteiger partial charge in [0.15, 0.2) is 12.4 Å². The molecule has 0 aromatic heterocycles. The molecule has 20 heavy (non-hydrogen) atoms. The second kappa shape index (κ2) is 8.88. The smallest absolute Gasteiger partial charge is 0.306 e. The Morgan fingerprint density at radius 1 is 1.15 bits per heavy atom. The highest BCUT2D eigenvalue weighted by Gasteiger charge is 2.27. The number of ether oxygens (including phenoxy) is 3. The third-order valence-electron chi connectivity index (χ3n) is 3.21. The Morgan fingerprint density at radius 3 is 2.40 bits per heavy atom. The maximum Gasteiger partial charge on any atom is 0.306 e. The highest BCUT2D eigenvalue weighted by Crippen LogP contribution is 2.24. The SMILES string of the molecule is CCCCCCCCCC(=O)OCC1=COC(C)(C)O1. The van der Waals surface area contributed by atoms with Crippen molar-refractivity contribution in [2.24, 2.45) is 0 Å². The molecular weight excluding hydrogens is 256 g/mol. The Kier molecular flexibility index (Phi) is 7.48. The summed E-state index contributed by atoms with van der Waals surface area (Å²) in [5.74, 6) is -0.226. The first-order chi connectivity index (χ1) is 9.53. The highest BCUT2D eigenvalue weighted by molar-refractivity contribution is 5.69.